The largest absolute Gasteiger partial charge is 0.359 e. The Morgan fingerprint density at radius 3 is 2.63 bits per heavy atom. The Hall–Kier alpha value is -2.01. The van der Waals surface area contributed by atoms with E-state index < -0.39 is 0 Å². The molecule has 1 unspecified atom stereocenters. The van der Waals surface area contributed by atoms with Crippen molar-refractivity contribution in [2.45, 2.75) is 6.04 Å². The molecule has 0 aliphatic rings. The van der Waals surface area contributed by atoms with E-state index in [0.29, 0.717) is 10.0 Å². The summed E-state index contributed by atoms with van der Waals surface area (Å²) in [5, 5.41) is 5.90. The third-order valence-corrected chi connectivity index (χ3v) is 5.58. The van der Waals surface area contributed by atoms with Crippen molar-refractivity contribution >= 4 is 55.9 Å². The zero-order chi connectivity index (χ0) is 19.0. The minimum atomic E-state index is -0.178. The second kappa shape index (κ2) is 7.55. The van der Waals surface area contributed by atoms with Gasteiger partial charge in [-0.2, -0.15) is 0 Å². The van der Waals surface area contributed by atoms with Crippen LogP contribution < -0.4 is 5.32 Å². The van der Waals surface area contributed by atoms with Gasteiger partial charge in [-0.05, 0) is 48.0 Å². The Kier molecular flexibility index (Phi) is 5.13. The van der Waals surface area contributed by atoms with E-state index in [1.54, 1.807) is 12.3 Å². The summed E-state index contributed by atoms with van der Waals surface area (Å²) in [4.78, 5) is 4.42. The monoisotopic (exact) mass is 459 g/mol. The summed E-state index contributed by atoms with van der Waals surface area (Å²) in [5.41, 5.74) is 3.20. The van der Waals surface area contributed by atoms with E-state index in [1.807, 2.05) is 43.4 Å². The molecule has 3 nitrogen and oxygen atoms in total. The molecule has 136 valence electrons. The highest BCUT2D eigenvalue weighted by atomic mass is 79.9. The number of anilines is 1. The summed E-state index contributed by atoms with van der Waals surface area (Å²) in [6.45, 7) is 0. The number of rotatable bonds is 4. The van der Waals surface area contributed by atoms with Gasteiger partial charge in [0.05, 0.1) is 6.04 Å². The van der Waals surface area contributed by atoms with E-state index in [9.17, 15) is 0 Å². The first-order chi connectivity index (χ1) is 13.0. The minimum Gasteiger partial charge on any atom is -0.359 e. The van der Waals surface area contributed by atoms with Crippen molar-refractivity contribution in [1.29, 1.82) is 0 Å². The van der Waals surface area contributed by atoms with Crippen molar-refractivity contribution in [1.82, 2.24) is 9.55 Å². The lowest BCUT2D eigenvalue weighted by Crippen LogP contribution is -2.13. The number of fused-ring (bicyclic) bond motifs is 1. The molecule has 0 fully saturated rings. The molecule has 6 heteroatoms. The summed E-state index contributed by atoms with van der Waals surface area (Å²) in [7, 11) is 2.04. The molecule has 0 bridgehead atoms. The van der Waals surface area contributed by atoms with Crippen molar-refractivity contribution in [2.24, 2.45) is 7.05 Å². The van der Waals surface area contributed by atoms with E-state index in [4.69, 9.17) is 23.2 Å². The molecule has 0 radical (unpaired) electrons. The predicted octanol–water partition coefficient (Wildman–Crippen LogP) is 6.84. The van der Waals surface area contributed by atoms with Crippen LogP contribution in [-0.2, 0) is 7.05 Å². The molecule has 4 aromatic rings. The second-order valence-corrected chi connectivity index (χ2v) is 8.07. The van der Waals surface area contributed by atoms with Crippen LogP contribution in [0, 0.1) is 0 Å². The van der Waals surface area contributed by atoms with Crippen LogP contribution in [0.2, 0.25) is 10.0 Å². The summed E-state index contributed by atoms with van der Waals surface area (Å²) in [6.07, 6.45) is 3.89. The molecule has 1 N–H and O–H groups in total. The van der Waals surface area contributed by atoms with Crippen LogP contribution in [0.3, 0.4) is 0 Å². The van der Waals surface area contributed by atoms with Gasteiger partial charge in [-0.25, -0.2) is 4.98 Å². The fourth-order valence-electron chi connectivity index (χ4n) is 3.28. The maximum atomic E-state index is 6.57. The number of aryl methyl sites for hydroxylation is 1. The van der Waals surface area contributed by atoms with Crippen LogP contribution in [0.1, 0.15) is 17.2 Å². The SMILES string of the molecule is Cn1cc(C(Nc2ccccn2)c2ccc(Cl)cc2Cl)c2cc(Br)ccc21. The molecule has 0 amide bonds. The third kappa shape index (κ3) is 3.70. The van der Waals surface area contributed by atoms with Crippen LogP contribution in [0.25, 0.3) is 10.9 Å². The van der Waals surface area contributed by atoms with Gasteiger partial charge in [-0.1, -0.05) is 51.3 Å². The van der Waals surface area contributed by atoms with E-state index in [2.05, 4.69) is 49.1 Å². The van der Waals surface area contributed by atoms with Gasteiger partial charge in [0.15, 0.2) is 0 Å². The summed E-state index contributed by atoms with van der Waals surface area (Å²) in [6, 6.07) is 17.5. The van der Waals surface area contributed by atoms with Crippen LogP contribution in [0.4, 0.5) is 5.82 Å². The van der Waals surface area contributed by atoms with Gasteiger partial charge < -0.3 is 9.88 Å². The Balaban J connectivity index is 1.91. The van der Waals surface area contributed by atoms with Crippen LogP contribution in [0.15, 0.2) is 71.5 Å². The van der Waals surface area contributed by atoms with Crippen LogP contribution in [-0.4, -0.2) is 9.55 Å². The maximum Gasteiger partial charge on any atom is 0.126 e. The average molecular weight is 461 g/mol. The summed E-state index contributed by atoms with van der Waals surface area (Å²) < 4.78 is 3.15. The van der Waals surface area contributed by atoms with Gasteiger partial charge >= 0.3 is 0 Å². The Bertz CT molecular complexity index is 1110. The lowest BCUT2D eigenvalue weighted by molar-refractivity contribution is 0.903. The van der Waals surface area contributed by atoms with Crippen molar-refractivity contribution in [3.8, 4) is 0 Å². The van der Waals surface area contributed by atoms with Crippen molar-refractivity contribution < 1.29 is 0 Å². The number of hydrogen-bond acceptors (Lipinski definition) is 2. The molecule has 2 aromatic heterocycles. The highest BCUT2D eigenvalue weighted by Crippen LogP contribution is 2.37. The van der Waals surface area contributed by atoms with Gasteiger partial charge in [0.1, 0.15) is 5.82 Å². The van der Waals surface area contributed by atoms with Crippen molar-refractivity contribution in [2.75, 3.05) is 5.32 Å². The number of pyridine rings is 1. The first-order valence-corrected chi connectivity index (χ1v) is 9.95. The zero-order valence-corrected chi connectivity index (χ0v) is 17.6. The average Bonchev–Trinajstić information content (AvgIpc) is 2.97. The molecule has 27 heavy (non-hydrogen) atoms. The quantitative estimate of drug-likeness (QED) is 0.361. The highest BCUT2D eigenvalue weighted by Gasteiger charge is 2.22. The van der Waals surface area contributed by atoms with Gasteiger partial charge in [0.2, 0.25) is 0 Å². The fraction of sp³-hybridized carbons (Fsp3) is 0.0952. The third-order valence-electron chi connectivity index (χ3n) is 4.52. The van der Waals surface area contributed by atoms with E-state index >= 15 is 0 Å². The molecule has 0 spiro atoms. The molecule has 0 saturated carbocycles. The molecular weight excluding hydrogens is 445 g/mol. The number of nitrogens with one attached hydrogen (secondary N) is 1. The van der Waals surface area contributed by atoms with Crippen molar-refractivity contribution in [3.63, 3.8) is 0 Å². The standard InChI is InChI=1S/C21H16BrCl2N3/c1-27-12-17(16-10-13(22)5-8-19(16)27)21(26-20-4-2-3-9-25-20)15-7-6-14(23)11-18(15)24/h2-12,21H,1H3,(H,25,26). The van der Waals surface area contributed by atoms with Crippen LogP contribution >= 0.6 is 39.1 Å². The first kappa shape index (κ1) is 18.4. The molecular formula is C21H16BrCl2N3. The number of nitrogens with zero attached hydrogens (tertiary/aromatic N) is 2. The van der Waals surface area contributed by atoms with Crippen LogP contribution in [0.5, 0.6) is 0 Å². The summed E-state index contributed by atoms with van der Waals surface area (Å²) in [5.74, 6) is 0.778. The number of halogens is 3. The Morgan fingerprint density at radius 1 is 1.04 bits per heavy atom. The molecule has 1 atom stereocenters. The number of benzene rings is 2. The summed E-state index contributed by atoms with van der Waals surface area (Å²) >= 11 is 16.3. The lowest BCUT2D eigenvalue weighted by atomic mass is 9.98. The van der Waals surface area contributed by atoms with E-state index in [0.717, 1.165) is 32.3 Å². The first-order valence-electron chi connectivity index (χ1n) is 8.40. The van der Waals surface area contributed by atoms with Gasteiger partial charge in [-0.15, -0.1) is 0 Å². The number of hydrogen-bond donors (Lipinski definition) is 1. The molecule has 2 aromatic carbocycles. The van der Waals surface area contributed by atoms with E-state index in [1.165, 1.54) is 0 Å². The fourth-order valence-corrected chi connectivity index (χ4v) is 4.16. The van der Waals surface area contributed by atoms with Gasteiger partial charge in [0, 0.05) is 50.4 Å². The molecule has 0 saturated heterocycles. The Labute approximate surface area is 176 Å². The predicted molar refractivity (Wildman–Crippen MR) is 117 cm³/mol. The van der Waals surface area contributed by atoms with Crippen molar-refractivity contribution in [3.05, 3.63) is 92.6 Å². The molecule has 4 rings (SSSR count). The van der Waals surface area contributed by atoms with Gasteiger partial charge in [-0.3, -0.25) is 0 Å². The normalized spacial score (nSPS) is 12.3. The molecule has 0 aliphatic heterocycles. The highest BCUT2D eigenvalue weighted by molar-refractivity contribution is 9.10. The smallest absolute Gasteiger partial charge is 0.126 e. The Morgan fingerprint density at radius 2 is 1.89 bits per heavy atom. The number of aromatic nitrogens is 2. The zero-order valence-electron chi connectivity index (χ0n) is 14.5. The molecule has 2 heterocycles. The second-order valence-electron chi connectivity index (χ2n) is 6.31. The minimum absolute atomic E-state index is 0.178. The maximum absolute atomic E-state index is 6.57. The molecule has 0 aliphatic carbocycles. The van der Waals surface area contributed by atoms with Gasteiger partial charge in [0.25, 0.3) is 0 Å². The lowest BCUT2D eigenvalue weighted by Gasteiger charge is -2.21. The van der Waals surface area contributed by atoms with E-state index in [-0.39, 0.29) is 6.04 Å². The topological polar surface area (TPSA) is 29.9 Å².